The number of aromatic nitrogens is 2. The molecule has 152 valence electrons. The van der Waals surface area contributed by atoms with Crippen LogP contribution in [0.3, 0.4) is 0 Å². The molecule has 0 spiro atoms. The summed E-state index contributed by atoms with van der Waals surface area (Å²) in [7, 11) is 0. The van der Waals surface area contributed by atoms with Gasteiger partial charge in [0.1, 0.15) is 5.75 Å². The first kappa shape index (κ1) is 20.8. The topological polar surface area (TPSA) is 64.2 Å². The Morgan fingerprint density at radius 3 is 2.52 bits per heavy atom. The van der Waals surface area contributed by atoms with Crippen LogP contribution in [0.5, 0.6) is 17.5 Å². The maximum atomic E-state index is 14.4. The lowest BCUT2D eigenvalue weighted by molar-refractivity contribution is 0.294. The van der Waals surface area contributed by atoms with Gasteiger partial charge in [0.25, 0.3) is 11.6 Å². The summed E-state index contributed by atoms with van der Waals surface area (Å²) >= 11 is 5.94. The van der Waals surface area contributed by atoms with E-state index in [0.29, 0.717) is 22.6 Å². The van der Waals surface area contributed by atoms with Crippen LogP contribution in [-0.2, 0) is 12.8 Å². The van der Waals surface area contributed by atoms with Crippen molar-refractivity contribution in [1.82, 2.24) is 9.97 Å². The van der Waals surface area contributed by atoms with Crippen LogP contribution in [0.25, 0.3) is 0 Å². The third kappa shape index (κ3) is 5.12. The summed E-state index contributed by atoms with van der Waals surface area (Å²) in [5, 5.41) is 0.536. The summed E-state index contributed by atoms with van der Waals surface area (Å²) in [5.41, 5.74) is 1.39. The average molecular weight is 421 g/mol. The van der Waals surface area contributed by atoms with E-state index in [4.69, 9.17) is 21.1 Å². The van der Waals surface area contributed by atoms with Crippen LogP contribution in [0, 0.1) is 18.6 Å². The summed E-state index contributed by atoms with van der Waals surface area (Å²) < 4.78 is 39.5. The Morgan fingerprint density at radius 1 is 1.17 bits per heavy atom. The molecule has 0 aliphatic heterocycles. The highest BCUT2D eigenvalue weighted by Gasteiger charge is 2.14. The van der Waals surface area contributed by atoms with Crippen LogP contribution in [0.15, 0.2) is 41.3 Å². The molecule has 1 N–H and O–H groups in total. The van der Waals surface area contributed by atoms with Crippen LogP contribution in [-0.4, -0.2) is 16.6 Å². The van der Waals surface area contributed by atoms with Crippen molar-refractivity contribution in [3.05, 3.63) is 80.2 Å². The quantitative estimate of drug-likeness (QED) is 0.585. The molecule has 3 rings (SSSR count). The highest BCUT2D eigenvalue weighted by molar-refractivity contribution is 6.31. The smallest absolute Gasteiger partial charge is 0.296 e. The third-order valence-electron chi connectivity index (χ3n) is 4.27. The molecule has 0 fully saturated rings. The Kier molecular flexibility index (Phi) is 6.49. The summed E-state index contributed by atoms with van der Waals surface area (Å²) in [6, 6.07) is 7.15. The van der Waals surface area contributed by atoms with Crippen LogP contribution in [0.1, 0.15) is 23.6 Å². The predicted octanol–water partition coefficient (Wildman–Crippen LogP) is 4.99. The molecule has 3 aromatic rings. The first-order valence-corrected chi connectivity index (χ1v) is 9.38. The van der Waals surface area contributed by atoms with Gasteiger partial charge in [0.05, 0.1) is 6.61 Å². The van der Waals surface area contributed by atoms with Crippen molar-refractivity contribution < 1.29 is 18.3 Å². The molecule has 0 atom stereocenters. The number of halogens is 3. The number of aryl methyl sites for hydroxylation is 2. The van der Waals surface area contributed by atoms with Crippen molar-refractivity contribution in [3.8, 4) is 17.5 Å². The SMILES string of the molecule is CCc1cnc(OCCc2cc(F)c(Oc3ccc(Cl)c(C)c3)c(F)c2)[nH]c1=O. The van der Waals surface area contributed by atoms with Crippen molar-refractivity contribution in [2.75, 3.05) is 6.61 Å². The van der Waals surface area contributed by atoms with Crippen LogP contribution < -0.4 is 15.0 Å². The van der Waals surface area contributed by atoms with E-state index in [0.717, 1.165) is 5.56 Å². The largest absolute Gasteiger partial charge is 0.464 e. The second-order valence-electron chi connectivity index (χ2n) is 6.40. The lowest BCUT2D eigenvalue weighted by Gasteiger charge is -2.11. The van der Waals surface area contributed by atoms with Gasteiger partial charge in [-0.05, 0) is 54.8 Å². The Labute approximate surface area is 171 Å². The van der Waals surface area contributed by atoms with Gasteiger partial charge in [0.2, 0.25) is 0 Å². The fourth-order valence-corrected chi connectivity index (χ4v) is 2.77. The van der Waals surface area contributed by atoms with E-state index in [9.17, 15) is 13.6 Å². The van der Waals surface area contributed by atoms with E-state index in [-0.39, 0.29) is 30.3 Å². The minimum Gasteiger partial charge on any atom is -0.464 e. The Bertz CT molecular complexity index is 1060. The molecule has 29 heavy (non-hydrogen) atoms. The first-order valence-electron chi connectivity index (χ1n) is 9.00. The molecule has 0 saturated heterocycles. The maximum Gasteiger partial charge on any atom is 0.296 e. The molecule has 0 aliphatic rings. The highest BCUT2D eigenvalue weighted by Crippen LogP contribution is 2.30. The van der Waals surface area contributed by atoms with Crippen LogP contribution >= 0.6 is 11.6 Å². The monoisotopic (exact) mass is 420 g/mol. The average Bonchev–Trinajstić information content (AvgIpc) is 2.67. The Hall–Kier alpha value is -2.93. The number of nitrogens with one attached hydrogen (secondary N) is 1. The molecule has 0 bridgehead atoms. The van der Waals surface area contributed by atoms with Crippen molar-refractivity contribution >= 4 is 11.6 Å². The number of H-pyrrole nitrogens is 1. The summed E-state index contributed by atoms with van der Waals surface area (Å²) in [4.78, 5) is 18.2. The number of nitrogens with zero attached hydrogens (tertiary/aromatic N) is 1. The van der Waals surface area contributed by atoms with Crippen molar-refractivity contribution in [2.45, 2.75) is 26.7 Å². The van der Waals surface area contributed by atoms with Gasteiger partial charge in [-0.3, -0.25) is 9.78 Å². The zero-order valence-corrected chi connectivity index (χ0v) is 16.6. The number of benzene rings is 2. The molecule has 8 heteroatoms. The van der Waals surface area contributed by atoms with Crippen molar-refractivity contribution in [3.63, 3.8) is 0 Å². The molecule has 0 unspecified atom stereocenters. The molecule has 0 radical (unpaired) electrons. The van der Waals surface area contributed by atoms with E-state index >= 15 is 0 Å². The minimum absolute atomic E-state index is 0.0613. The molecular weight excluding hydrogens is 402 g/mol. The lowest BCUT2D eigenvalue weighted by atomic mass is 10.1. The number of hydrogen-bond acceptors (Lipinski definition) is 4. The van der Waals surface area contributed by atoms with E-state index in [2.05, 4.69) is 9.97 Å². The maximum absolute atomic E-state index is 14.4. The number of ether oxygens (including phenoxy) is 2. The number of rotatable bonds is 7. The van der Waals surface area contributed by atoms with E-state index < -0.39 is 17.4 Å². The molecule has 0 aliphatic carbocycles. The van der Waals surface area contributed by atoms with Gasteiger partial charge in [-0.25, -0.2) is 13.8 Å². The summed E-state index contributed by atoms with van der Waals surface area (Å²) in [5.74, 6) is -1.86. The van der Waals surface area contributed by atoms with E-state index in [1.54, 1.807) is 19.1 Å². The van der Waals surface area contributed by atoms with E-state index in [1.165, 1.54) is 24.4 Å². The third-order valence-corrected chi connectivity index (χ3v) is 4.69. The molecule has 1 heterocycles. The lowest BCUT2D eigenvalue weighted by Crippen LogP contribution is -2.15. The molecule has 2 aromatic carbocycles. The fraction of sp³-hybridized carbons (Fsp3) is 0.238. The summed E-state index contributed by atoms with van der Waals surface area (Å²) in [6.45, 7) is 3.70. The van der Waals surface area contributed by atoms with E-state index in [1.807, 2.05) is 6.92 Å². The second-order valence-corrected chi connectivity index (χ2v) is 6.80. The van der Waals surface area contributed by atoms with Gasteiger partial charge in [0.15, 0.2) is 17.4 Å². The first-order chi connectivity index (χ1) is 13.9. The fourth-order valence-electron chi connectivity index (χ4n) is 2.65. The molecule has 0 saturated carbocycles. The number of aromatic amines is 1. The molecular formula is C21H19ClF2N2O3. The number of hydrogen-bond donors (Lipinski definition) is 1. The molecule has 5 nitrogen and oxygen atoms in total. The van der Waals surface area contributed by atoms with Gasteiger partial charge < -0.3 is 9.47 Å². The second kappa shape index (κ2) is 9.05. The zero-order valence-electron chi connectivity index (χ0n) is 15.9. The van der Waals surface area contributed by atoms with Gasteiger partial charge in [0, 0.05) is 23.2 Å². The summed E-state index contributed by atoms with van der Waals surface area (Å²) in [6.07, 6.45) is 2.22. The molecule has 0 amide bonds. The predicted molar refractivity (Wildman–Crippen MR) is 106 cm³/mol. The van der Waals surface area contributed by atoms with Gasteiger partial charge >= 0.3 is 0 Å². The normalized spacial score (nSPS) is 10.8. The molecule has 1 aromatic heterocycles. The Morgan fingerprint density at radius 2 is 1.90 bits per heavy atom. The minimum atomic E-state index is -0.827. The standard InChI is InChI=1S/C21H19ClF2N2O3/c1-3-14-11-25-21(26-20(14)27)28-7-6-13-9-17(23)19(18(24)10-13)29-15-4-5-16(22)12(2)8-15/h4-5,8-11H,3,6-7H2,1-2H3,(H,25,26,27). The van der Waals surface area contributed by atoms with Crippen molar-refractivity contribution in [2.24, 2.45) is 0 Å². The zero-order chi connectivity index (χ0) is 21.0. The van der Waals surface area contributed by atoms with Gasteiger partial charge in [-0.1, -0.05) is 18.5 Å². The van der Waals surface area contributed by atoms with Gasteiger partial charge in [-0.15, -0.1) is 0 Å². The van der Waals surface area contributed by atoms with Crippen LogP contribution in [0.2, 0.25) is 5.02 Å². The Balaban J connectivity index is 1.66. The van der Waals surface area contributed by atoms with Gasteiger partial charge in [-0.2, -0.15) is 0 Å². The van der Waals surface area contributed by atoms with Crippen LogP contribution in [0.4, 0.5) is 8.78 Å². The highest BCUT2D eigenvalue weighted by atomic mass is 35.5. The van der Waals surface area contributed by atoms with Crippen molar-refractivity contribution in [1.29, 1.82) is 0 Å².